The molecule has 0 aromatic heterocycles. The van der Waals surface area contributed by atoms with Gasteiger partial charge >= 0.3 is 0 Å². The maximum absolute atomic E-state index is 9.78. The summed E-state index contributed by atoms with van der Waals surface area (Å²) in [7, 11) is 0. The van der Waals surface area contributed by atoms with Crippen LogP contribution in [0.2, 0.25) is 0 Å². The van der Waals surface area contributed by atoms with Crippen LogP contribution in [0.5, 0.6) is 0 Å². The van der Waals surface area contributed by atoms with E-state index in [1.54, 1.807) is 0 Å². The number of rotatable bonds is 8. The normalized spacial score (nSPS) is 40.8. The monoisotopic (exact) mass is 343 g/mol. The molecule has 0 radical (unpaired) electrons. The zero-order valence-electron chi connectivity index (χ0n) is 17.0. The Labute approximate surface area is 157 Å². The second kappa shape index (κ2) is 8.02. The van der Waals surface area contributed by atoms with E-state index in [0.29, 0.717) is 5.41 Å². The van der Waals surface area contributed by atoms with Gasteiger partial charge in [-0.05, 0) is 93.8 Å². The average molecular weight is 344 g/mol. The number of unbranched alkanes of at least 4 members (excludes halogenated alkanes) is 3. The number of hydrogen-bond acceptors (Lipinski definition) is 1. The summed E-state index contributed by atoms with van der Waals surface area (Å²) >= 11 is 0. The quantitative estimate of drug-likeness (QED) is 0.412. The van der Waals surface area contributed by atoms with Crippen LogP contribution in [-0.4, -0.2) is 0 Å². The first-order valence-corrected chi connectivity index (χ1v) is 11.5. The Kier molecular flexibility index (Phi) is 6.18. The molecule has 25 heavy (non-hydrogen) atoms. The van der Waals surface area contributed by atoms with Gasteiger partial charge in [0.25, 0.3) is 0 Å². The van der Waals surface area contributed by atoms with Gasteiger partial charge in [0, 0.05) is 0 Å². The van der Waals surface area contributed by atoms with Gasteiger partial charge < -0.3 is 0 Å². The lowest BCUT2D eigenvalue weighted by Gasteiger charge is -2.58. The van der Waals surface area contributed by atoms with Crippen LogP contribution < -0.4 is 0 Å². The van der Waals surface area contributed by atoms with Gasteiger partial charge in [-0.15, -0.1) is 0 Å². The Balaban J connectivity index is 1.54. The maximum Gasteiger partial charge on any atom is 0.0689 e. The highest BCUT2D eigenvalue weighted by Crippen LogP contribution is 2.64. The minimum absolute atomic E-state index is 0.0381. The van der Waals surface area contributed by atoms with E-state index in [9.17, 15) is 5.26 Å². The van der Waals surface area contributed by atoms with E-state index < -0.39 is 0 Å². The minimum Gasteiger partial charge on any atom is -0.198 e. The highest BCUT2D eigenvalue weighted by molar-refractivity contribution is 5.07. The van der Waals surface area contributed by atoms with E-state index in [0.717, 1.165) is 17.8 Å². The second-order valence-electron chi connectivity index (χ2n) is 10.1. The summed E-state index contributed by atoms with van der Waals surface area (Å²) in [5.74, 6) is 0.935. The molecule has 0 N–H and O–H groups in total. The molecule has 4 saturated carbocycles. The largest absolute Gasteiger partial charge is 0.198 e. The van der Waals surface area contributed by atoms with E-state index in [4.69, 9.17) is 0 Å². The van der Waals surface area contributed by atoms with Crippen molar-refractivity contribution in [3.63, 3.8) is 0 Å². The fourth-order valence-corrected chi connectivity index (χ4v) is 6.75. The van der Waals surface area contributed by atoms with Gasteiger partial charge in [-0.3, -0.25) is 0 Å². The van der Waals surface area contributed by atoms with Crippen LogP contribution in [0.1, 0.15) is 123 Å². The fourth-order valence-electron chi connectivity index (χ4n) is 6.75. The van der Waals surface area contributed by atoms with Crippen LogP contribution in [0.15, 0.2) is 0 Å². The first kappa shape index (κ1) is 19.3. The molecule has 142 valence electrons. The van der Waals surface area contributed by atoms with Crippen LogP contribution in [0.3, 0.4) is 0 Å². The van der Waals surface area contributed by atoms with E-state index in [1.807, 2.05) is 0 Å². The molecule has 4 aliphatic carbocycles. The Hall–Kier alpha value is -0.510. The van der Waals surface area contributed by atoms with Crippen molar-refractivity contribution in [2.45, 2.75) is 123 Å². The third-order valence-electron chi connectivity index (χ3n) is 8.83. The molecule has 1 heteroatoms. The zero-order valence-corrected chi connectivity index (χ0v) is 17.0. The summed E-state index contributed by atoms with van der Waals surface area (Å²) in [6.45, 7) is 4.59. The summed E-state index contributed by atoms with van der Waals surface area (Å²) in [5.41, 5.74) is 1.46. The van der Waals surface area contributed by atoms with Crippen molar-refractivity contribution in [2.24, 2.45) is 22.2 Å². The first-order chi connectivity index (χ1) is 12.1. The Morgan fingerprint density at radius 2 is 1.36 bits per heavy atom. The molecule has 4 fully saturated rings. The molecule has 0 aromatic carbocycles. The van der Waals surface area contributed by atoms with Gasteiger partial charge in [-0.1, -0.05) is 46.0 Å². The highest BCUT2D eigenvalue weighted by Gasteiger charge is 2.52. The van der Waals surface area contributed by atoms with Crippen LogP contribution in [-0.2, 0) is 0 Å². The van der Waals surface area contributed by atoms with E-state index in [-0.39, 0.29) is 5.41 Å². The zero-order chi connectivity index (χ0) is 17.8. The van der Waals surface area contributed by atoms with Crippen LogP contribution in [0.25, 0.3) is 0 Å². The van der Waals surface area contributed by atoms with E-state index >= 15 is 0 Å². The third-order valence-corrected chi connectivity index (χ3v) is 8.83. The lowest BCUT2D eigenvalue weighted by molar-refractivity contribution is -0.0690. The summed E-state index contributed by atoms with van der Waals surface area (Å²) in [5, 5.41) is 9.78. The van der Waals surface area contributed by atoms with Crippen molar-refractivity contribution in [1.82, 2.24) is 0 Å². The summed E-state index contributed by atoms with van der Waals surface area (Å²) in [6.07, 6.45) is 23.6. The third kappa shape index (κ3) is 3.94. The van der Waals surface area contributed by atoms with Gasteiger partial charge in [0.05, 0.1) is 11.5 Å². The minimum atomic E-state index is 0.0381. The van der Waals surface area contributed by atoms with Crippen molar-refractivity contribution < 1.29 is 0 Å². The van der Waals surface area contributed by atoms with Crippen molar-refractivity contribution in [1.29, 1.82) is 5.26 Å². The molecule has 0 heterocycles. The molecule has 0 aromatic rings. The van der Waals surface area contributed by atoms with Crippen molar-refractivity contribution >= 4 is 0 Å². The van der Waals surface area contributed by atoms with E-state index in [1.165, 1.54) is 103 Å². The first-order valence-electron chi connectivity index (χ1n) is 11.5. The number of fused-ring (bicyclic) bond motifs is 3. The van der Waals surface area contributed by atoms with Gasteiger partial charge in [-0.2, -0.15) is 5.26 Å². The van der Waals surface area contributed by atoms with Crippen molar-refractivity contribution in [3.05, 3.63) is 0 Å². The fraction of sp³-hybridized carbons (Fsp3) is 0.958. The molecule has 1 nitrogen and oxygen atoms in total. The lowest BCUT2D eigenvalue weighted by atomic mass is 9.47. The van der Waals surface area contributed by atoms with Gasteiger partial charge in [0.2, 0.25) is 0 Å². The lowest BCUT2D eigenvalue weighted by Crippen LogP contribution is -2.47. The average Bonchev–Trinajstić information content (AvgIpc) is 2.68. The van der Waals surface area contributed by atoms with Gasteiger partial charge in [-0.25, -0.2) is 0 Å². The van der Waals surface area contributed by atoms with Crippen molar-refractivity contribution in [3.8, 4) is 6.07 Å². The Morgan fingerprint density at radius 1 is 0.760 bits per heavy atom. The summed E-state index contributed by atoms with van der Waals surface area (Å²) in [6, 6.07) is 2.75. The molecular formula is C24H41N. The number of nitrogens with zero attached hydrogens (tertiary/aromatic N) is 1. The Bertz CT molecular complexity index is 438. The molecule has 4 aliphatic rings. The van der Waals surface area contributed by atoms with Gasteiger partial charge in [0.1, 0.15) is 0 Å². The molecule has 0 amide bonds. The molecule has 4 rings (SSSR count). The predicted molar refractivity (Wildman–Crippen MR) is 106 cm³/mol. The van der Waals surface area contributed by atoms with Crippen molar-refractivity contribution in [2.75, 3.05) is 0 Å². The standard InChI is InChI=1S/C24H41N/c1-3-5-7-11-22-14-17-24(18-15-22,19-16-22)21-8-12-23(20-25,13-9-21)10-6-4-2/h21H,3-19H2,1-2H3. The Morgan fingerprint density at radius 3 is 1.88 bits per heavy atom. The summed E-state index contributed by atoms with van der Waals surface area (Å²) in [4.78, 5) is 0. The molecule has 0 unspecified atom stereocenters. The van der Waals surface area contributed by atoms with E-state index in [2.05, 4.69) is 19.9 Å². The molecule has 0 spiro atoms. The highest BCUT2D eigenvalue weighted by atomic mass is 14.6. The molecule has 2 bridgehead atoms. The number of hydrogen-bond donors (Lipinski definition) is 0. The SMILES string of the molecule is CCCCCC12CCC(C3CCC(C#N)(CCCC)CC3)(CC1)CC2. The van der Waals surface area contributed by atoms with Crippen LogP contribution in [0, 0.1) is 33.5 Å². The smallest absolute Gasteiger partial charge is 0.0689 e. The summed E-state index contributed by atoms with van der Waals surface area (Å²) < 4.78 is 0. The van der Waals surface area contributed by atoms with Gasteiger partial charge in [0.15, 0.2) is 0 Å². The molecular weight excluding hydrogens is 302 g/mol. The molecule has 0 atom stereocenters. The van der Waals surface area contributed by atoms with Crippen LogP contribution in [0.4, 0.5) is 0 Å². The number of nitriles is 1. The van der Waals surface area contributed by atoms with Crippen LogP contribution >= 0.6 is 0 Å². The molecule has 0 saturated heterocycles. The predicted octanol–water partition coefficient (Wildman–Crippen LogP) is 7.80. The molecule has 0 aliphatic heterocycles. The maximum atomic E-state index is 9.78. The second-order valence-corrected chi connectivity index (χ2v) is 10.1. The topological polar surface area (TPSA) is 23.8 Å².